The fourth-order valence-electron chi connectivity index (χ4n) is 5.25. The van der Waals surface area contributed by atoms with Gasteiger partial charge in [0.2, 0.25) is 0 Å². The van der Waals surface area contributed by atoms with Gasteiger partial charge in [0, 0.05) is 41.6 Å². The first-order valence-corrected chi connectivity index (χ1v) is 9.57. The average molecular weight is 338 g/mol. The Labute approximate surface area is 148 Å². The van der Waals surface area contributed by atoms with E-state index >= 15 is 0 Å². The fourth-order valence-corrected chi connectivity index (χ4v) is 5.25. The molecule has 3 aliphatic rings. The molecule has 1 saturated heterocycles. The minimum absolute atomic E-state index is 0.00171. The van der Waals surface area contributed by atoms with E-state index in [1.54, 1.807) is 0 Å². The molecule has 0 unspecified atom stereocenters. The molecule has 0 amide bonds. The number of aromatic nitrogens is 1. The zero-order valence-corrected chi connectivity index (χ0v) is 15.0. The lowest BCUT2D eigenvalue weighted by atomic mass is 9.72. The molecule has 5 rings (SSSR count). The second-order valence-corrected chi connectivity index (χ2v) is 8.23. The molecule has 0 bridgehead atoms. The number of rotatable bonds is 3. The number of carbonyl (C=O) groups is 1. The number of nitrogens with one attached hydrogen (secondary N) is 1. The van der Waals surface area contributed by atoms with Gasteiger partial charge in [-0.15, -0.1) is 0 Å². The predicted molar refractivity (Wildman–Crippen MR) is 97.7 cm³/mol. The number of esters is 1. The van der Waals surface area contributed by atoms with E-state index in [4.69, 9.17) is 4.74 Å². The van der Waals surface area contributed by atoms with Crippen LogP contribution in [-0.2, 0) is 16.0 Å². The molecule has 2 aromatic rings. The van der Waals surface area contributed by atoms with Crippen molar-refractivity contribution in [1.29, 1.82) is 0 Å². The van der Waals surface area contributed by atoms with Crippen LogP contribution in [0.1, 0.15) is 42.0 Å². The summed E-state index contributed by atoms with van der Waals surface area (Å²) >= 11 is 0. The minimum atomic E-state index is -0.0394. The van der Waals surface area contributed by atoms with Gasteiger partial charge in [0.1, 0.15) is 0 Å². The Morgan fingerprint density at radius 3 is 2.96 bits per heavy atom. The average Bonchev–Trinajstić information content (AvgIpc) is 3.38. The molecule has 2 aliphatic carbocycles. The van der Waals surface area contributed by atoms with Crippen molar-refractivity contribution in [1.82, 2.24) is 9.88 Å². The largest absolute Gasteiger partial charge is 0.469 e. The van der Waals surface area contributed by atoms with E-state index in [0.717, 1.165) is 31.8 Å². The Bertz CT molecular complexity index is 836. The van der Waals surface area contributed by atoms with Gasteiger partial charge in [0.05, 0.1) is 13.0 Å². The van der Waals surface area contributed by atoms with E-state index in [0.29, 0.717) is 12.0 Å². The molecule has 1 N–H and O–H groups in total. The van der Waals surface area contributed by atoms with Crippen LogP contribution in [0.15, 0.2) is 18.2 Å². The fraction of sp³-hybridized carbons (Fsp3) is 0.571. The number of aryl methyl sites for hydroxylation is 1. The van der Waals surface area contributed by atoms with Gasteiger partial charge in [-0.05, 0) is 55.7 Å². The predicted octanol–water partition coefficient (Wildman–Crippen LogP) is 3.39. The number of carbonyl (C=O) groups excluding carboxylic acids is 1. The smallest absolute Gasteiger partial charge is 0.309 e. The summed E-state index contributed by atoms with van der Waals surface area (Å²) in [6, 6.07) is 7.14. The number of methoxy groups -OCH3 is 1. The van der Waals surface area contributed by atoms with Crippen LogP contribution < -0.4 is 0 Å². The molecule has 1 saturated carbocycles. The molecule has 1 aromatic heterocycles. The van der Waals surface area contributed by atoms with Crippen LogP contribution in [0, 0.1) is 18.8 Å². The molecule has 3 atom stereocenters. The third-order valence-corrected chi connectivity index (χ3v) is 6.64. The van der Waals surface area contributed by atoms with E-state index in [1.165, 1.54) is 47.7 Å². The summed E-state index contributed by atoms with van der Waals surface area (Å²) in [4.78, 5) is 18.5. The van der Waals surface area contributed by atoms with Crippen molar-refractivity contribution in [2.45, 2.75) is 44.6 Å². The van der Waals surface area contributed by atoms with E-state index in [2.05, 4.69) is 35.0 Å². The maximum atomic E-state index is 12.3. The number of ether oxygens (including phenoxy) is 1. The van der Waals surface area contributed by atoms with Gasteiger partial charge in [-0.2, -0.15) is 0 Å². The number of hydrogen-bond donors (Lipinski definition) is 1. The first-order valence-electron chi connectivity index (χ1n) is 9.57. The maximum absolute atomic E-state index is 12.3. The lowest BCUT2D eigenvalue weighted by Gasteiger charge is -2.46. The van der Waals surface area contributed by atoms with Crippen LogP contribution >= 0.6 is 0 Å². The highest BCUT2D eigenvalue weighted by Gasteiger charge is 2.44. The van der Waals surface area contributed by atoms with Crippen LogP contribution in [0.2, 0.25) is 0 Å². The van der Waals surface area contributed by atoms with E-state index in [-0.39, 0.29) is 11.9 Å². The molecule has 4 heteroatoms. The Kier molecular flexibility index (Phi) is 3.46. The van der Waals surface area contributed by atoms with Crippen LogP contribution in [0.4, 0.5) is 0 Å². The molecule has 1 aromatic carbocycles. The summed E-state index contributed by atoms with van der Waals surface area (Å²) in [6.45, 7) is 4.20. The Balaban J connectivity index is 1.59. The maximum Gasteiger partial charge on any atom is 0.309 e. The van der Waals surface area contributed by atoms with Gasteiger partial charge in [0.25, 0.3) is 0 Å². The van der Waals surface area contributed by atoms with Crippen molar-refractivity contribution in [3.63, 3.8) is 0 Å². The number of nitrogens with zero attached hydrogens (tertiary/aromatic N) is 1. The third-order valence-electron chi connectivity index (χ3n) is 6.64. The molecule has 0 spiro atoms. The quantitative estimate of drug-likeness (QED) is 0.873. The van der Waals surface area contributed by atoms with Gasteiger partial charge >= 0.3 is 5.97 Å². The van der Waals surface area contributed by atoms with Crippen molar-refractivity contribution < 1.29 is 9.53 Å². The Hall–Kier alpha value is -1.81. The lowest BCUT2D eigenvalue weighted by molar-refractivity contribution is -0.148. The van der Waals surface area contributed by atoms with E-state index in [9.17, 15) is 4.79 Å². The Morgan fingerprint density at radius 2 is 2.20 bits per heavy atom. The standard InChI is InChI=1S/C21H26N2O2/c1-12-16-9-19-17(15-4-3-5-18(22-12)20(15)16)8-14(21(24)25-2)11-23(19)10-13-6-7-13/h3-5,13-14,17,19,22H,6-11H2,1-2H3/t14-,17-,19-/m1/s1. The molecular weight excluding hydrogens is 312 g/mol. The second-order valence-electron chi connectivity index (χ2n) is 8.23. The Morgan fingerprint density at radius 1 is 1.36 bits per heavy atom. The molecule has 1 aliphatic heterocycles. The van der Waals surface area contributed by atoms with Crippen LogP contribution in [0.5, 0.6) is 0 Å². The van der Waals surface area contributed by atoms with Gasteiger partial charge < -0.3 is 9.72 Å². The highest BCUT2D eigenvalue weighted by Crippen LogP contribution is 2.46. The summed E-state index contributed by atoms with van der Waals surface area (Å²) in [6.07, 6.45) is 4.72. The van der Waals surface area contributed by atoms with Gasteiger partial charge in [0.15, 0.2) is 0 Å². The molecule has 2 heterocycles. The molecule has 0 radical (unpaired) electrons. The number of aromatic amines is 1. The highest BCUT2D eigenvalue weighted by molar-refractivity contribution is 5.89. The van der Waals surface area contributed by atoms with E-state index in [1.807, 2.05) is 0 Å². The monoisotopic (exact) mass is 338 g/mol. The molecule has 2 fully saturated rings. The van der Waals surface area contributed by atoms with Gasteiger partial charge in [-0.25, -0.2) is 0 Å². The number of benzene rings is 1. The topological polar surface area (TPSA) is 45.3 Å². The number of hydrogen-bond acceptors (Lipinski definition) is 3. The van der Waals surface area contributed by atoms with Crippen LogP contribution in [-0.4, -0.2) is 42.1 Å². The summed E-state index contributed by atoms with van der Waals surface area (Å²) in [5.41, 5.74) is 5.48. The number of piperidine rings is 1. The van der Waals surface area contributed by atoms with Crippen molar-refractivity contribution in [2.24, 2.45) is 11.8 Å². The normalized spacial score (nSPS) is 28.8. The molecular formula is C21H26N2O2. The van der Waals surface area contributed by atoms with Crippen molar-refractivity contribution in [2.75, 3.05) is 20.2 Å². The number of likely N-dealkylation sites (tertiary alicyclic amines) is 1. The van der Waals surface area contributed by atoms with Crippen molar-refractivity contribution >= 4 is 16.9 Å². The highest BCUT2D eigenvalue weighted by atomic mass is 16.5. The molecule has 132 valence electrons. The summed E-state index contributed by atoms with van der Waals surface area (Å²) < 4.78 is 5.11. The van der Waals surface area contributed by atoms with Gasteiger partial charge in [-0.1, -0.05) is 12.1 Å². The minimum Gasteiger partial charge on any atom is -0.469 e. The van der Waals surface area contributed by atoms with Crippen molar-refractivity contribution in [3.8, 4) is 0 Å². The number of H-pyrrole nitrogens is 1. The summed E-state index contributed by atoms with van der Waals surface area (Å²) in [5.74, 6) is 1.23. The zero-order valence-electron chi connectivity index (χ0n) is 15.0. The van der Waals surface area contributed by atoms with E-state index < -0.39 is 0 Å². The summed E-state index contributed by atoms with van der Waals surface area (Å²) in [7, 11) is 1.52. The van der Waals surface area contributed by atoms with Crippen LogP contribution in [0.25, 0.3) is 10.9 Å². The third kappa shape index (κ3) is 2.42. The number of fused-ring (bicyclic) bond motifs is 2. The van der Waals surface area contributed by atoms with Crippen LogP contribution in [0.3, 0.4) is 0 Å². The molecule has 25 heavy (non-hydrogen) atoms. The SMILES string of the molecule is COC(=O)[C@@H]1C[C@@H]2c3cccc4[nH]c(C)c(c34)C[C@H]2N(CC2CC2)C1. The van der Waals surface area contributed by atoms with Gasteiger partial charge in [-0.3, -0.25) is 9.69 Å². The molecule has 4 nitrogen and oxygen atoms in total. The first kappa shape index (κ1) is 15.4. The lowest BCUT2D eigenvalue weighted by Crippen LogP contribution is -2.52. The summed E-state index contributed by atoms with van der Waals surface area (Å²) in [5, 5.41) is 1.41. The second kappa shape index (κ2) is 5.60. The first-order chi connectivity index (χ1) is 12.2. The van der Waals surface area contributed by atoms with Crippen molar-refractivity contribution in [3.05, 3.63) is 35.0 Å². The zero-order chi connectivity index (χ0) is 17.1.